The van der Waals surface area contributed by atoms with E-state index in [1.807, 2.05) is 0 Å². The van der Waals surface area contributed by atoms with Crippen molar-refractivity contribution in [1.29, 1.82) is 0 Å². The van der Waals surface area contributed by atoms with Gasteiger partial charge < -0.3 is 10.0 Å². The van der Waals surface area contributed by atoms with E-state index in [1.54, 1.807) is 11.0 Å². The summed E-state index contributed by atoms with van der Waals surface area (Å²) in [5, 5.41) is 8.74. The van der Waals surface area contributed by atoms with Crippen molar-refractivity contribution < 1.29 is 14.3 Å². The van der Waals surface area contributed by atoms with Crippen LogP contribution in [0.25, 0.3) is 0 Å². The molecule has 0 unspecified atom stereocenters. The molecular formula is C13H16FNO2. The van der Waals surface area contributed by atoms with E-state index in [0.29, 0.717) is 31.5 Å². The van der Waals surface area contributed by atoms with Crippen LogP contribution in [0.3, 0.4) is 0 Å². The fourth-order valence-electron chi connectivity index (χ4n) is 2.14. The summed E-state index contributed by atoms with van der Waals surface area (Å²) >= 11 is 0. The maximum Gasteiger partial charge on any atom is 0.227 e. The number of aliphatic hydroxyl groups is 1. The first-order valence-electron chi connectivity index (χ1n) is 5.92. The Kier molecular flexibility index (Phi) is 3.74. The first kappa shape index (κ1) is 12.0. The number of benzene rings is 1. The molecule has 92 valence electrons. The summed E-state index contributed by atoms with van der Waals surface area (Å²) in [7, 11) is 0. The molecule has 1 aliphatic rings. The number of nitrogens with zero attached hydrogens (tertiary/aromatic N) is 1. The third-order valence-electron chi connectivity index (χ3n) is 3.04. The number of hydrogen-bond donors (Lipinski definition) is 1. The Bertz CT molecular complexity index is 420. The van der Waals surface area contributed by atoms with Crippen LogP contribution in [0, 0.1) is 5.82 Å². The normalized spacial score (nSPS) is 14.9. The van der Waals surface area contributed by atoms with Crippen molar-refractivity contribution in [2.24, 2.45) is 0 Å². The Balaban J connectivity index is 2.20. The number of amides is 1. The van der Waals surface area contributed by atoms with Crippen LogP contribution in [-0.2, 0) is 11.2 Å². The molecular weight excluding hydrogens is 221 g/mol. The Morgan fingerprint density at radius 1 is 1.29 bits per heavy atom. The average Bonchev–Trinajstić information content (AvgIpc) is 2.32. The lowest BCUT2D eigenvalue weighted by Gasteiger charge is -2.29. The molecule has 1 N–H and O–H groups in total. The van der Waals surface area contributed by atoms with E-state index in [0.717, 1.165) is 12.0 Å². The molecule has 0 fully saturated rings. The molecule has 1 amide bonds. The van der Waals surface area contributed by atoms with Crippen LogP contribution in [0.15, 0.2) is 18.2 Å². The minimum Gasteiger partial charge on any atom is -0.396 e. The van der Waals surface area contributed by atoms with Crippen LogP contribution >= 0.6 is 0 Å². The zero-order chi connectivity index (χ0) is 12.3. The van der Waals surface area contributed by atoms with Crippen molar-refractivity contribution in [1.82, 2.24) is 0 Å². The Morgan fingerprint density at radius 3 is 2.88 bits per heavy atom. The molecule has 1 aromatic rings. The summed E-state index contributed by atoms with van der Waals surface area (Å²) in [5.74, 6) is -0.272. The lowest BCUT2D eigenvalue weighted by atomic mass is 10.0. The first-order chi connectivity index (χ1) is 8.22. The van der Waals surface area contributed by atoms with E-state index in [-0.39, 0.29) is 18.3 Å². The number of carbonyl (C=O) groups is 1. The highest BCUT2D eigenvalue weighted by Crippen LogP contribution is 2.28. The molecule has 0 saturated heterocycles. The number of aliphatic hydroxyl groups excluding tert-OH is 1. The third kappa shape index (κ3) is 2.64. The van der Waals surface area contributed by atoms with Crippen LogP contribution in [0.4, 0.5) is 10.1 Å². The zero-order valence-corrected chi connectivity index (χ0v) is 9.66. The fraction of sp³-hybridized carbons (Fsp3) is 0.462. The number of unbranched alkanes of at least 4 members (excludes halogenated alkanes) is 1. The number of anilines is 1. The summed E-state index contributed by atoms with van der Waals surface area (Å²) in [6.07, 6.45) is 2.56. The summed E-state index contributed by atoms with van der Waals surface area (Å²) in [4.78, 5) is 13.4. The van der Waals surface area contributed by atoms with Gasteiger partial charge in [-0.15, -0.1) is 0 Å². The topological polar surface area (TPSA) is 40.5 Å². The second kappa shape index (κ2) is 5.27. The largest absolute Gasteiger partial charge is 0.396 e. The number of aryl methyl sites for hydroxylation is 1. The van der Waals surface area contributed by atoms with Crippen molar-refractivity contribution in [3.63, 3.8) is 0 Å². The SMILES string of the molecule is O=C1CCc2ccc(F)cc2N1CCCCO. The highest BCUT2D eigenvalue weighted by Gasteiger charge is 2.23. The maximum absolute atomic E-state index is 13.2. The number of rotatable bonds is 4. The van der Waals surface area contributed by atoms with Crippen molar-refractivity contribution in [3.8, 4) is 0 Å². The fourth-order valence-corrected chi connectivity index (χ4v) is 2.14. The first-order valence-corrected chi connectivity index (χ1v) is 5.92. The maximum atomic E-state index is 13.2. The number of fused-ring (bicyclic) bond motifs is 1. The summed E-state index contributed by atoms with van der Waals surface area (Å²) in [5.41, 5.74) is 1.72. The van der Waals surface area contributed by atoms with Crippen molar-refractivity contribution in [2.45, 2.75) is 25.7 Å². The molecule has 0 atom stereocenters. The molecule has 0 saturated carbocycles. The lowest BCUT2D eigenvalue weighted by molar-refractivity contribution is -0.118. The summed E-state index contributed by atoms with van der Waals surface area (Å²) < 4.78 is 13.2. The van der Waals surface area contributed by atoms with Gasteiger partial charge in [0.1, 0.15) is 5.82 Å². The highest BCUT2D eigenvalue weighted by molar-refractivity contribution is 5.96. The Morgan fingerprint density at radius 2 is 2.12 bits per heavy atom. The third-order valence-corrected chi connectivity index (χ3v) is 3.04. The summed E-state index contributed by atoms with van der Waals surface area (Å²) in [6.45, 7) is 0.674. The average molecular weight is 237 g/mol. The van der Waals surface area contributed by atoms with Gasteiger partial charge in [-0.05, 0) is 37.0 Å². The minimum atomic E-state index is -0.314. The van der Waals surface area contributed by atoms with E-state index in [4.69, 9.17) is 5.11 Å². The predicted octanol–water partition coefficient (Wildman–Crippen LogP) is 1.88. The highest BCUT2D eigenvalue weighted by atomic mass is 19.1. The Hall–Kier alpha value is -1.42. The van der Waals surface area contributed by atoms with Gasteiger partial charge in [-0.3, -0.25) is 4.79 Å². The Labute approximate surface area is 99.9 Å². The molecule has 1 heterocycles. The van der Waals surface area contributed by atoms with Gasteiger partial charge in [0.15, 0.2) is 0 Å². The smallest absolute Gasteiger partial charge is 0.227 e. The van der Waals surface area contributed by atoms with E-state index in [1.165, 1.54) is 12.1 Å². The molecule has 17 heavy (non-hydrogen) atoms. The van der Waals surface area contributed by atoms with Gasteiger partial charge in [0.05, 0.1) is 0 Å². The molecule has 0 bridgehead atoms. The second-order valence-corrected chi connectivity index (χ2v) is 4.25. The van der Waals surface area contributed by atoms with E-state index in [2.05, 4.69) is 0 Å². The van der Waals surface area contributed by atoms with Crippen LogP contribution in [0.2, 0.25) is 0 Å². The number of hydrogen-bond acceptors (Lipinski definition) is 2. The van der Waals surface area contributed by atoms with Crippen LogP contribution in [0.1, 0.15) is 24.8 Å². The lowest BCUT2D eigenvalue weighted by Crippen LogP contribution is -2.36. The number of halogens is 1. The van der Waals surface area contributed by atoms with Gasteiger partial charge in [-0.2, -0.15) is 0 Å². The molecule has 0 spiro atoms. The molecule has 4 heteroatoms. The summed E-state index contributed by atoms with van der Waals surface area (Å²) in [6, 6.07) is 4.60. The van der Waals surface area contributed by atoms with E-state index >= 15 is 0 Å². The molecule has 1 aromatic carbocycles. The van der Waals surface area contributed by atoms with Crippen LogP contribution < -0.4 is 4.90 Å². The van der Waals surface area contributed by atoms with E-state index in [9.17, 15) is 9.18 Å². The predicted molar refractivity (Wildman–Crippen MR) is 63.4 cm³/mol. The molecule has 2 rings (SSSR count). The molecule has 0 aliphatic carbocycles. The van der Waals surface area contributed by atoms with Gasteiger partial charge >= 0.3 is 0 Å². The molecule has 3 nitrogen and oxygen atoms in total. The quantitative estimate of drug-likeness (QED) is 0.812. The minimum absolute atomic E-state index is 0.0426. The molecule has 0 radical (unpaired) electrons. The zero-order valence-electron chi connectivity index (χ0n) is 9.66. The molecule has 0 aromatic heterocycles. The van der Waals surface area contributed by atoms with Crippen LogP contribution in [-0.4, -0.2) is 24.2 Å². The van der Waals surface area contributed by atoms with Crippen molar-refractivity contribution in [2.75, 3.05) is 18.1 Å². The van der Waals surface area contributed by atoms with Crippen molar-refractivity contribution >= 4 is 11.6 Å². The van der Waals surface area contributed by atoms with Crippen LogP contribution in [0.5, 0.6) is 0 Å². The van der Waals surface area contributed by atoms with Gasteiger partial charge in [-0.1, -0.05) is 6.07 Å². The second-order valence-electron chi connectivity index (χ2n) is 4.25. The monoisotopic (exact) mass is 237 g/mol. The van der Waals surface area contributed by atoms with Gasteiger partial charge in [0, 0.05) is 25.3 Å². The standard InChI is InChI=1S/C13H16FNO2/c14-11-5-3-10-4-6-13(17)15(12(10)9-11)7-1-2-8-16/h3,5,9,16H,1-2,4,6-8H2. The number of carbonyl (C=O) groups excluding carboxylic acids is 1. The van der Waals surface area contributed by atoms with Gasteiger partial charge in [0.2, 0.25) is 5.91 Å². The van der Waals surface area contributed by atoms with Gasteiger partial charge in [0.25, 0.3) is 0 Å². The van der Waals surface area contributed by atoms with Crippen molar-refractivity contribution in [3.05, 3.63) is 29.6 Å². The molecule has 1 aliphatic heterocycles. The van der Waals surface area contributed by atoms with Gasteiger partial charge in [-0.25, -0.2) is 4.39 Å². The van der Waals surface area contributed by atoms with E-state index < -0.39 is 0 Å².